The summed E-state index contributed by atoms with van der Waals surface area (Å²) < 4.78 is 17.9. The van der Waals surface area contributed by atoms with E-state index < -0.39 is 6.10 Å². The number of hydrogen-bond donors (Lipinski definition) is 2. The highest BCUT2D eigenvalue weighted by Crippen LogP contribution is 2.29. The zero-order chi connectivity index (χ0) is 23.5. The molecule has 3 aromatic heterocycles. The van der Waals surface area contributed by atoms with Crippen molar-refractivity contribution in [3.8, 4) is 17.4 Å². The van der Waals surface area contributed by atoms with Crippen LogP contribution in [0.15, 0.2) is 35.4 Å². The number of methoxy groups -OCH3 is 1. The van der Waals surface area contributed by atoms with Crippen LogP contribution in [0.4, 0.5) is 0 Å². The van der Waals surface area contributed by atoms with Gasteiger partial charge in [0.15, 0.2) is 17.1 Å². The van der Waals surface area contributed by atoms with Crippen molar-refractivity contribution in [1.82, 2.24) is 29.7 Å². The first kappa shape index (κ1) is 22.5. The normalized spacial score (nSPS) is 20.4. The smallest absolute Gasteiger partial charge is 0.252 e. The van der Waals surface area contributed by atoms with Crippen molar-refractivity contribution in [1.29, 1.82) is 0 Å². The van der Waals surface area contributed by atoms with E-state index in [0.717, 1.165) is 18.7 Å². The van der Waals surface area contributed by atoms with Crippen LogP contribution in [0.3, 0.4) is 0 Å². The van der Waals surface area contributed by atoms with Crippen LogP contribution in [-0.2, 0) is 13.1 Å². The van der Waals surface area contributed by atoms with Gasteiger partial charge < -0.3 is 24.6 Å². The van der Waals surface area contributed by atoms with Gasteiger partial charge in [0.1, 0.15) is 18.7 Å². The molecule has 0 aromatic carbocycles. The lowest BCUT2D eigenvalue weighted by molar-refractivity contribution is 0.0384. The molecule has 11 heteroatoms. The van der Waals surface area contributed by atoms with Gasteiger partial charge in [0.05, 0.1) is 31.3 Å². The van der Waals surface area contributed by atoms with E-state index in [4.69, 9.17) is 14.2 Å². The average molecular weight is 469 g/mol. The lowest BCUT2D eigenvalue weighted by atomic mass is 10.0. The Morgan fingerprint density at radius 3 is 2.85 bits per heavy atom. The van der Waals surface area contributed by atoms with Crippen LogP contribution in [-0.4, -0.2) is 81.6 Å². The number of fused-ring (bicyclic) bond motifs is 2. The van der Waals surface area contributed by atoms with E-state index in [9.17, 15) is 9.90 Å². The Hall–Kier alpha value is -3.28. The first-order valence-corrected chi connectivity index (χ1v) is 11.4. The standard InChI is InChI=1S/C23H28N6O5/c1-32-21-13-26-17-2-3-22(31)29(23(17)27-21)7-6-28-5-4-16(18(30)14-28)25-11-15-10-19-20(12-24-15)34-9-8-33-19/h2-3,10,12-13,16,18,25,30H,4-9,11,14H2,1H3/t16-,18+/m0/s1. The largest absolute Gasteiger partial charge is 0.486 e. The number of nitrogens with zero attached hydrogens (tertiary/aromatic N) is 5. The fourth-order valence-corrected chi connectivity index (χ4v) is 4.35. The highest BCUT2D eigenvalue weighted by molar-refractivity contribution is 5.70. The summed E-state index contributed by atoms with van der Waals surface area (Å²) in [7, 11) is 1.52. The lowest BCUT2D eigenvalue weighted by Gasteiger charge is -2.36. The van der Waals surface area contributed by atoms with Gasteiger partial charge in [-0.1, -0.05) is 0 Å². The molecule has 2 aliphatic rings. The number of aliphatic hydroxyl groups is 1. The van der Waals surface area contributed by atoms with E-state index in [1.807, 2.05) is 6.07 Å². The summed E-state index contributed by atoms with van der Waals surface area (Å²) in [5.41, 5.74) is 1.83. The van der Waals surface area contributed by atoms with Crippen molar-refractivity contribution in [2.24, 2.45) is 0 Å². The number of likely N-dealkylation sites (tertiary alicyclic amines) is 1. The van der Waals surface area contributed by atoms with Crippen LogP contribution in [0.2, 0.25) is 0 Å². The summed E-state index contributed by atoms with van der Waals surface area (Å²) in [6, 6.07) is 5.00. The van der Waals surface area contributed by atoms with Gasteiger partial charge in [-0.25, -0.2) is 4.98 Å². The number of aromatic nitrogens is 4. The summed E-state index contributed by atoms with van der Waals surface area (Å²) in [4.78, 5) is 27.8. The second-order valence-electron chi connectivity index (χ2n) is 8.41. The van der Waals surface area contributed by atoms with Gasteiger partial charge in [-0.15, -0.1) is 0 Å². The lowest BCUT2D eigenvalue weighted by Crippen LogP contribution is -2.53. The van der Waals surface area contributed by atoms with Crippen molar-refractivity contribution >= 4 is 11.2 Å². The molecule has 0 unspecified atom stereocenters. The molecule has 5 rings (SSSR count). The summed E-state index contributed by atoms with van der Waals surface area (Å²) in [6.45, 7) is 3.98. The summed E-state index contributed by atoms with van der Waals surface area (Å²) in [6.07, 6.45) is 3.46. The maximum atomic E-state index is 12.5. The molecule has 11 nitrogen and oxygen atoms in total. The third kappa shape index (κ3) is 4.81. The zero-order valence-corrected chi connectivity index (χ0v) is 19.0. The highest BCUT2D eigenvalue weighted by atomic mass is 16.6. The van der Waals surface area contributed by atoms with Crippen molar-refractivity contribution < 1.29 is 19.3 Å². The summed E-state index contributed by atoms with van der Waals surface area (Å²) >= 11 is 0. The fraction of sp³-hybridized carbons (Fsp3) is 0.478. The minimum Gasteiger partial charge on any atom is -0.486 e. The first-order chi connectivity index (χ1) is 16.6. The number of aliphatic hydroxyl groups excluding tert-OH is 1. The molecule has 34 heavy (non-hydrogen) atoms. The minimum atomic E-state index is -0.532. The Morgan fingerprint density at radius 1 is 1.18 bits per heavy atom. The molecule has 0 amide bonds. The number of piperidine rings is 1. The summed E-state index contributed by atoms with van der Waals surface area (Å²) in [5.74, 6) is 1.74. The highest BCUT2D eigenvalue weighted by Gasteiger charge is 2.27. The molecule has 2 atom stereocenters. The van der Waals surface area contributed by atoms with E-state index >= 15 is 0 Å². The van der Waals surface area contributed by atoms with E-state index in [1.165, 1.54) is 19.4 Å². The maximum Gasteiger partial charge on any atom is 0.252 e. The topological polar surface area (TPSA) is 124 Å². The van der Waals surface area contributed by atoms with E-state index in [1.54, 1.807) is 16.8 Å². The summed E-state index contributed by atoms with van der Waals surface area (Å²) in [5, 5.41) is 14.1. The van der Waals surface area contributed by atoms with Gasteiger partial charge in [0.25, 0.3) is 5.56 Å². The third-order valence-corrected chi connectivity index (χ3v) is 6.21. The predicted octanol–water partition coefficient (Wildman–Crippen LogP) is 0.191. The predicted molar refractivity (Wildman–Crippen MR) is 123 cm³/mol. The molecule has 3 aromatic rings. The van der Waals surface area contributed by atoms with Crippen molar-refractivity contribution in [2.45, 2.75) is 31.7 Å². The number of ether oxygens (including phenoxy) is 3. The average Bonchev–Trinajstić information content (AvgIpc) is 2.87. The van der Waals surface area contributed by atoms with Gasteiger partial charge in [-0.05, 0) is 19.0 Å². The maximum absolute atomic E-state index is 12.5. The third-order valence-electron chi connectivity index (χ3n) is 6.21. The van der Waals surface area contributed by atoms with Gasteiger partial charge >= 0.3 is 0 Å². The molecule has 0 aliphatic carbocycles. The molecule has 1 fully saturated rings. The first-order valence-electron chi connectivity index (χ1n) is 11.4. The zero-order valence-electron chi connectivity index (χ0n) is 19.0. The van der Waals surface area contributed by atoms with Crippen molar-refractivity contribution in [2.75, 3.05) is 40.0 Å². The van der Waals surface area contributed by atoms with Gasteiger partial charge in [-0.2, -0.15) is 4.98 Å². The van der Waals surface area contributed by atoms with E-state index in [-0.39, 0.29) is 11.6 Å². The Labute approximate surface area is 196 Å². The van der Waals surface area contributed by atoms with E-state index in [2.05, 4.69) is 25.2 Å². The van der Waals surface area contributed by atoms with Gasteiger partial charge in [-0.3, -0.25) is 19.2 Å². The SMILES string of the molecule is COc1cnc2ccc(=O)n(CCN3CC[C@H](NCc4cc5c(cn4)OCCO5)[C@H](O)C3)c2n1. The molecule has 2 aliphatic heterocycles. The molecule has 180 valence electrons. The molecule has 0 bridgehead atoms. The number of pyridine rings is 2. The minimum absolute atomic E-state index is 0.0401. The van der Waals surface area contributed by atoms with E-state index in [0.29, 0.717) is 67.9 Å². The van der Waals surface area contributed by atoms with Gasteiger partial charge in [0.2, 0.25) is 5.88 Å². The Morgan fingerprint density at radius 2 is 2.03 bits per heavy atom. The van der Waals surface area contributed by atoms with Crippen LogP contribution in [0, 0.1) is 0 Å². The second kappa shape index (κ2) is 9.92. The van der Waals surface area contributed by atoms with Crippen LogP contribution in [0.5, 0.6) is 17.4 Å². The van der Waals surface area contributed by atoms with Crippen LogP contribution in [0.25, 0.3) is 11.2 Å². The Bertz CT molecular complexity index is 1220. The molecular formula is C23H28N6O5. The number of rotatable bonds is 7. The van der Waals surface area contributed by atoms with Crippen molar-refractivity contribution in [3.63, 3.8) is 0 Å². The molecule has 1 saturated heterocycles. The van der Waals surface area contributed by atoms with Crippen LogP contribution >= 0.6 is 0 Å². The molecule has 2 N–H and O–H groups in total. The van der Waals surface area contributed by atoms with Crippen molar-refractivity contribution in [3.05, 3.63) is 46.6 Å². The molecule has 0 spiro atoms. The molecular weight excluding hydrogens is 440 g/mol. The monoisotopic (exact) mass is 468 g/mol. The quantitative estimate of drug-likeness (QED) is 0.497. The van der Waals surface area contributed by atoms with Crippen LogP contribution < -0.4 is 25.1 Å². The van der Waals surface area contributed by atoms with Crippen LogP contribution in [0.1, 0.15) is 12.1 Å². The molecule has 0 radical (unpaired) electrons. The van der Waals surface area contributed by atoms with Gasteiger partial charge in [0, 0.05) is 44.4 Å². The molecule has 0 saturated carbocycles. The Kier molecular flexibility index (Phi) is 6.57. The second-order valence-corrected chi connectivity index (χ2v) is 8.41. The Balaban J connectivity index is 1.17. The number of hydrogen-bond acceptors (Lipinski definition) is 10. The molecule has 5 heterocycles. The number of nitrogens with one attached hydrogen (secondary N) is 1. The number of β-amino-alcohol motifs (C(OH)–C–C–N with tert-alkyl or cyclic N) is 1. The fourth-order valence-electron chi connectivity index (χ4n) is 4.35.